The molecule has 122 heavy (non-hydrogen) atoms. The Bertz CT molecular complexity index is 6350. The lowest BCUT2D eigenvalue weighted by atomic mass is 9.98. The second-order valence-corrected chi connectivity index (χ2v) is 31.0. The number of fused-ring (bicyclic) bond motifs is 6. The summed E-state index contributed by atoms with van der Waals surface area (Å²) < 4.78 is 27.5. The van der Waals surface area contributed by atoms with Gasteiger partial charge in [-0.05, 0) is 140 Å². The van der Waals surface area contributed by atoms with Crippen LogP contribution in [0.5, 0.6) is 5.75 Å². The molecule has 4 fully saturated rings. The van der Waals surface area contributed by atoms with Crippen molar-refractivity contribution in [1.82, 2.24) is 79.9 Å². The molecule has 3 N–H and O–H groups in total. The van der Waals surface area contributed by atoms with E-state index in [1.807, 2.05) is 49.5 Å². The highest BCUT2D eigenvalue weighted by molar-refractivity contribution is 6.37. The molecule has 4 aliphatic rings. The Balaban J connectivity index is 0.000000126. The monoisotopic (exact) mass is 1730 g/mol. The van der Waals surface area contributed by atoms with Crippen molar-refractivity contribution < 1.29 is 33.1 Å². The molecule has 0 unspecified atom stereocenters. The normalized spacial score (nSPS) is 14.3. The van der Waals surface area contributed by atoms with Gasteiger partial charge in [-0.2, -0.15) is 15.5 Å². The second kappa shape index (κ2) is 36.7. The number of phenols is 1. The number of amides is 4. The Hall–Kier alpha value is -13.3. The molecule has 8 aromatic carbocycles. The Morgan fingerprint density at radius 3 is 1.29 bits per heavy atom. The first kappa shape index (κ1) is 83.7. The number of carbonyl (C=O) groups is 4. The zero-order chi connectivity index (χ0) is 85.6. The first-order chi connectivity index (χ1) is 59.1. The lowest BCUT2D eigenvalue weighted by Gasteiger charge is -2.35. The average Bonchev–Trinajstić information content (AvgIpc) is 1.11. The fourth-order valence-electron chi connectivity index (χ4n) is 15.5. The zero-order valence-electron chi connectivity index (χ0n) is 65.9. The number of anilines is 4. The van der Waals surface area contributed by atoms with Crippen LogP contribution >= 0.6 is 58.0 Å². The third kappa shape index (κ3) is 17.5. The number of aromatic nitrogens is 12. The number of carbonyl (C=O) groups excluding carboxylic acids is 4. The molecule has 10 heterocycles. The molecule has 14 aromatic rings. The Morgan fingerprint density at radius 1 is 0.451 bits per heavy atom. The van der Waals surface area contributed by atoms with E-state index in [0.717, 1.165) is 106 Å². The number of allylic oxidation sites excluding steroid dienone is 1. The van der Waals surface area contributed by atoms with Crippen LogP contribution in [0.4, 0.5) is 32.1 Å². The summed E-state index contributed by atoms with van der Waals surface area (Å²) in [6, 6.07) is 32.9. The lowest BCUT2D eigenvalue weighted by molar-refractivity contribution is -0.127. The van der Waals surface area contributed by atoms with Crippen LogP contribution in [0.1, 0.15) is 18.1 Å². The molecule has 0 radical (unpaired) electrons. The largest absolute Gasteiger partial charge is 0.507 e. The Kier molecular flexibility index (Phi) is 25.2. The number of halogens is 7. The summed E-state index contributed by atoms with van der Waals surface area (Å²) in [5.74, 6) is 1.57. The van der Waals surface area contributed by atoms with Gasteiger partial charge in [0.15, 0.2) is 0 Å². The number of phenolic OH excluding ortho intramolecular Hbond substituents is 1. The fraction of sp³-hybridized carbons (Fsp3) is 0.202. The zero-order valence-corrected chi connectivity index (χ0v) is 69.7. The molecule has 26 nitrogen and oxygen atoms in total. The predicted molar refractivity (Wildman–Crippen MR) is 476 cm³/mol. The molecule has 0 bridgehead atoms. The number of piperazine rings is 4. The van der Waals surface area contributed by atoms with E-state index in [-0.39, 0.29) is 34.9 Å². The smallest absolute Gasteiger partial charge is 0.246 e. The van der Waals surface area contributed by atoms with Gasteiger partial charge in [-0.3, -0.25) is 29.4 Å². The number of nitrogens with one attached hydrogen (secondary N) is 2. The van der Waals surface area contributed by atoms with Crippen molar-refractivity contribution in [3.05, 3.63) is 245 Å². The van der Waals surface area contributed by atoms with E-state index in [2.05, 4.69) is 125 Å². The van der Waals surface area contributed by atoms with Gasteiger partial charge in [0.05, 0.1) is 57.1 Å². The van der Waals surface area contributed by atoms with Gasteiger partial charge in [-0.25, -0.2) is 48.7 Å². The van der Waals surface area contributed by atoms with Gasteiger partial charge >= 0.3 is 0 Å². The van der Waals surface area contributed by atoms with Crippen LogP contribution in [0.25, 0.3) is 110 Å². The topological polar surface area (TPSA) is 299 Å². The molecule has 0 atom stereocenters. The third-order valence-electron chi connectivity index (χ3n) is 21.7. The van der Waals surface area contributed by atoms with Gasteiger partial charge in [0.25, 0.3) is 0 Å². The molecule has 0 spiro atoms. The van der Waals surface area contributed by atoms with Crippen LogP contribution in [-0.4, -0.2) is 213 Å². The first-order valence-corrected chi connectivity index (χ1v) is 40.7. The van der Waals surface area contributed by atoms with Crippen molar-refractivity contribution in [2.45, 2.75) is 13.8 Å². The molecule has 4 amide bonds. The number of nitrogens with zero attached hydrogens (tertiary/aromatic N) is 19. The SMILES string of the molecule is C/C=C\C(=O)N1CCN(c2ncnc3cc(-c4ccc(F)cc4F)c(Cl)cc23)CC1.C=CC(=O)N1CCN(c2ncnc3cc(-c4c(O)cccc4C#N)c(Cl)cc23)CC1.C=CC(=O)N1CCN(c2ncnc3cc(-c4cc(C)cc5[nH]ncc45)c(Cl)cc23)CC1.C=CC(=O)N1CCN(c2ncnc3cc(-c4cc(Cl)cc5cn[nH]c45)c(Cl)cc23)CC1. The van der Waals surface area contributed by atoms with E-state index in [1.165, 1.54) is 49.1 Å². The minimum atomic E-state index is -0.688. The van der Waals surface area contributed by atoms with E-state index in [9.17, 15) is 38.3 Å². The molecule has 4 aliphatic heterocycles. The van der Waals surface area contributed by atoms with Crippen molar-refractivity contribution in [3.8, 4) is 56.3 Å². The average molecular weight is 1730 g/mol. The molecule has 33 heteroatoms. The second-order valence-electron chi connectivity index (χ2n) is 28.9. The number of hydrogen-bond acceptors (Lipinski definition) is 20. The summed E-state index contributed by atoms with van der Waals surface area (Å²) in [4.78, 5) is 98.8. The van der Waals surface area contributed by atoms with Crippen molar-refractivity contribution in [2.24, 2.45) is 0 Å². The van der Waals surface area contributed by atoms with Crippen LogP contribution in [-0.2, 0) is 19.2 Å². The van der Waals surface area contributed by atoms with Gasteiger partial charge in [0.2, 0.25) is 23.6 Å². The van der Waals surface area contributed by atoms with Crippen molar-refractivity contribution in [2.75, 3.05) is 124 Å². The number of aromatic hydroxyl groups is 1. The van der Waals surface area contributed by atoms with Crippen LogP contribution in [0.3, 0.4) is 0 Å². The van der Waals surface area contributed by atoms with Gasteiger partial charge < -0.3 is 44.3 Å². The van der Waals surface area contributed by atoms with Gasteiger partial charge in [-0.1, -0.05) is 96.0 Å². The minimum Gasteiger partial charge on any atom is -0.507 e. The summed E-state index contributed by atoms with van der Waals surface area (Å²) >= 11 is 32.9. The molecule has 6 aromatic heterocycles. The van der Waals surface area contributed by atoms with Crippen molar-refractivity contribution >= 4 is 170 Å². The van der Waals surface area contributed by atoms with E-state index >= 15 is 0 Å². The van der Waals surface area contributed by atoms with Gasteiger partial charge in [0.1, 0.15) is 66.0 Å². The van der Waals surface area contributed by atoms with Crippen molar-refractivity contribution in [1.29, 1.82) is 5.26 Å². The number of aryl methyl sites for hydroxylation is 1. The van der Waals surface area contributed by atoms with Gasteiger partial charge in [0, 0.05) is 207 Å². The lowest BCUT2D eigenvalue weighted by Crippen LogP contribution is -2.48. The molecule has 4 saturated heterocycles. The van der Waals surface area contributed by atoms with E-state index in [1.54, 1.807) is 87.0 Å². The number of nitriles is 1. The minimum absolute atomic E-state index is 0.00120. The molecule has 0 aliphatic carbocycles. The summed E-state index contributed by atoms with van der Waals surface area (Å²) in [6.45, 7) is 24.6. The predicted octanol–water partition coefficient (Wildman–Crippen LogP) is 16.1. The van der Waals surface area contributed by atoms with Gasteiger partial charge in [-0.15, -0.1) is 0 Å². The van der Waals surface area contributed by atoms with E-state index in [4.69, 9.17) is 58.0 Å². The quantitative estimate of drug-likeness (QED) is 0.0957. The molecule has 18 rings (SSSR count). The fourth-order valence-corrected chi connectivity index (χ4v) is 16.8. The molecular weight excluding hydrogens is 1660 g/mol. The summed E-state index contributed by atoms with van der Waals surface area (Å²) in [7, 11) is 0. The van der Waals surface area contributed by atoms with Crippen LogP contribution in [0.2, 0.25) is 25.1 Å². The number of rotatable bonds is 12. The molecule has 616 valence electrons. The Labute approximate surface area is 723 Å². The van der Waals surface area contributed by atoms with Crippen LogP contribution < -0.4 is 19.6 Å². The summed E-state index contributed by atoms with van der Waals surface area (Å²) in [5, 5.41) is 41.9. The first-order valence-electron chi connectivity index (χ1n) is 38.8. The maximum Gasteiger partial charge on any atom is 0.246 e. The van der Waals surface area contributed by atoms with E-state index < -0.39 is 11.6 Å². The van der Waals surface area contributed by atoms with E-state index in [0.29, 0.717) is 169 Å². The number of H-pyrrole nitrogens is 2. The number of benzene rings is 8. The number of aromatic amines is 2. The van der Waals surface area contributed by atoms with Crippen LogP contribution in [0.15, 0.2) is 197 Å². The van der Waals surface area contributed by atoms with Crippen LogP contribution in [0, 0.1) is 29.9 Å². The highest BCUT2D eigenvalue weighted by Crippen LogP contribution is 2.44. The summed E-state index contributed by atoms with van der Waals surface area (Å²) in [5.41, 5.74) is 11.3. The molecule has 0 saturated carbocycles. The summed E-state index contributed by atoms with van der Waals surface area (Å²) in [6.07, 6.45) is 17.0. The highest BCUT2D eigenvalue weighted by Gasteiger charge is 2.29. The molecular formula is C89H76Cl5F2N21O5. The van der Waals surface area contributed by atoms with Crippen molar-refractivity contribution in [3.63, 3.8) is 0 Å². The maximum atomic E-state index is 14.3. The standard InChI is InChI=1S/C23H21ClN6O.C22H18Cl2N6O.C22H19ClF2N4O.C22H18ClN5O2/c1-3-22(31)29-4-6-30(7-5-29)23-17-10-19(24)16(11-20(17)25-13-26-23)15-8-14(2)9-21-18(15)12-27-28-21;1-2-20(31)29-3-5-30(6-4-29)22-17-9-18(24)15(10-19(17)25-12-26-22)16-8-14(23)7-13-11-27-28-21(13)16;1-2-3-21(30)28-6-8-29(9-7-28)22-17-11-18(23)16(12-20(17)26-13-27-22)15-5-4-14(24)10-19(15)25;1-2-20(30)27-6-8-28(9-7-27)22-16-10-17(23)15(11-18(16)25-13-26-22)21-14(12-24)4-3-5-19(21)29/h3,8-13H,1,4-7H2,2H3,(H,27,28);2,7-12H,1,3-6H2,(H,27,28);2-5,10-13H,6-9H2,1H3;2-5,10-11,13,29H,1,6-9H2/b;;3-2-;. The maximum absolute atomic E-state index is 14.3. The third-order valence-corrected chi connectivity index (χ3v) is 23.1. The Morgan fingerprint density at radius 2 is 0.861 bits per heavy atom. The number of hydrogen-bond donors (Lipinski definition) is 3. The highest BCUT2D eigenvalue weighted by atomic mass is 35.5.